The summed E-state index contributed by atoms with van der Waals surface area (Å²) in [7, 11) is -1.03. The summed E-state index contributed by atoms with van der Waals surface area (Å²) in [5.41, 5.74) is 5.56. The third kappa shape index (κ3) is 12.0. The molecule has 0 fully saturated rings. The zero-order valence-corrected chi connectivity index (χ0v) is 21.9. The summed E-state index contributed by atoms with van der Waals surface area (Å²) in [4.78, 5) is 0. The van der Waals surface area contributed by atoms with Crippen molar-refractivity contribution in [2.45, 2.75) is 48.3 Å². The van der Waals surface area contributed by atoms with E-state index < -0.39 is 14.1 Å². The van der Waals surface area contributed by atoms with Crippen LogP contribution in [0.2, 0.25) is 13.6 Å². The van der Waals surface area contributed by atoms with Crippen molar-refractivity contribution < 1.29 is 10.0 Å². The first-order chi connectivity index (χ1) is 15.3. The van der Waals surface area contributed by atoms with Crippen molar-refractivity contribution in [3.63, 3.8) is 0 Å². The first kappa shape index (κ1) is 29.8. The Morgan fingerprint density at radius 2 is 1.06 bits per heavy atom. The maximum absolute atomic E-state index is 9.23. The van der Waals surface area contributed by atoms with Crippen LogP contribution >= 0.6 is 15.9 Å². The smallest absolute Gasteiger partial charge is 0.406 e. The summed E-state index contributed by atoms with van der Waals surface area (Å²) in [6.07, 6.45) is 0. The Balaban J connectivity index is 0.000000555. The van der Waals surface area contributed by atoms with Crippen LogP contribution in [-0.4, -0.2) is 24.1 Å². The highest BCUT2D eigenvalue weighted by Gasteiger charge is 2.04. The topological polar surface area (TPSA) is 64.5 Å². The van der Waals surface area contributed by atoms with E-state index >= 15 is 0 Å². The maximum Gasteiger partial charge on any atom is 0.406 e. The highest BCUT2D eigenvalue weighted by atomic mass is 79.9. The van der Waals surface area contributed by atoms with Gasteiger partial charge in [0.05, 0.1) is 0 Å². The summed E-state index contributed by atoms with van der Waals surface area (Å²) < 4.78 is 1.04. The molecule has 3 aromatic rings. The minimum atomic E-state index is -0.528. The summed E-state index contributed by atoms with van der Waals surface area (Å²) in [6, 6.07) is 24.0. The van der Waals surface area contributed by atoms with Gasteiger partial charge >= 0.3 is 14.1 Å². The molecule has 0 radical (unpaired) electrons. The molecule has 0 unspecified atom stereocenters. The van der Waals surface area contributed by atoms with Crippen molar-refractivity contribution in [2.24, 2.45) is 0 Å². The molecule has 172 valence electrons. The van der Waals surface area contributed by atoms with Crippen LogP contribution in [0.5, 0.6) is 0 Å². The molecule has 4 N–H and O–H groups in total. The molecule has 0 saturated heterocycles. The molecular weight excluding hydrogens is 462 g/mol. The Kier molecular flexibility index (Phi) is 16.2. The van der Waals surface area contributed by atoms with E-state index in [0.717, 1.165) is 15.8 Å². The zero-order chi connectivity index (χ0) is 24.5. The number of hydrogen-bond donors (Lipinski definition) is 4. The van der Waals surface area contributed by atoms with E-state index in [2.05, 4.69) is 57.6 Å². The third-order valence-electron chi connectivity index (χ3n) is 3.94. The fraction of sp³-hybridized carbons (Fsp3) is 0.280. The molecule has 0 aromatic heterocycles. The highest BCUT2D eigenvalue weighted by molar-refractivity contribution is 9.10. The van der Waals surface area contributed by atoms with Gasteiger partial charge in [-0.1, -0.05) is 80.0 Å². The Morgan fingerprint density at radius 1 is 0.656 bits per heavy atom. The van der Waals surface area contributed by atoms with Gasteiger partial charge in [-0.3, -0.25) is 0 Å². The zero-order valence-electron chi connectivity index (χ0n) is 20.4. The molecule has 0 spiro atoms. The van der Waals surface area contributed by atoms with E-state index in [1.807, 2.05) is 76.2 Å². The lowest BCUT2D eigenvalue weighted by Crippen LogP contribution is -2.19. The van der Waals surface area contributed by atoms with Gasteiger partial charge in [-0.05, 0) is 73.7 Å². The molecule has 0 amide bonds. The number of hydrogen-bond acceptors (Lipinski definition) is 4. The van der Waals surface area contributed by atoms with Crippen LogP contribution in [0.4, 0.5) is 11.4 Å². The van der Waals surface area contributed by atoms with E-state index in [1.165, 1.54) is 16.7 Å². The lowest BCUT2D eigenvalue weighted by atomic mass is 9.88. The minimum absolute atomic E-state index is 0.504. The van der Waals surface area contributed by atoms with E-state index in [-0.39, 0.29) is 0 Å². The van der Waals surface area contributed by atoms with Gasteiger partial charge in [0.1, 0.15) is 0 Å². The van der Waals surface area contributed by atoms with Crippen LogP contribution in [0.3, 0.4) is 0 Å². The summed E-state index contributed by atoms with van der Waals surface area (Å²) in [5.74, 6) is 0. The number of rotatable bonds is 5. The second-order valence-electron chi connectivity index (χ2n) is 6.54. The second kappa shape index (κ2) is 17.4. The molecule has 0 saturated carbocycles. The van der Waals surface area contributed by atoms with E-state index in [4.69, 9.17) is 5.02 Å². The summed E-state index contributed by atoms with van der Waals surface area (Å²) >= 11 is 3.32. The fourth-order valence-electron chi connectivity index (χ4n) is 2.67. The van der Waals surface area contributed by atoms with Gasteiger partial charge in [0.15, 0.2) is 0 Å². The lowest BCUT2D eigenvalue weighted by molar-refractivity contribution is 0.586. The molecule has 0 heterocycles. The number of halogens is 1. The summed E-state index contributed by atoms with van der Waals surface area (Å²) in [5, 5.41) is 24.0. The average Bonchev–Trinajstić information content (AvgIpc) is 2.79. The van der Waals surface area contributed by atoms with Crippen molar-refractivity contribution in [3.05, 3.63) is 82.8 Å². The quantitative estimate of drug-likeness (QED) is 0.281. The standard InChI is InChI=1S/C14H16BNO.C7H9BBrNO.2C2H6/c1-11-5-3-4-6-14(11)12-7-9-13(10-8-12)16-15(2)17;1-8(11)10-7-4-2-6(9)3-5-7;2*1-2/h3-10,16-17H,1-2H3;2-5,10-11H,1H3;2*1-2H3. The molecule has 0 aliphatic carbocycles. The third-order valence-corrected chi connectivity index (χ3v) is 4.46. The maximum atomic E-state index is 9.23. The van der Waals surface area contributed by atoms with Gasteiger partial charge in [0.25, 0.3) is 0 Å². The predicted octanol–water partition coefficient (Wildman–Crippen LogP) is 7.21. The Bertz CT molecular complexity index is 859. The summed E-state index contributed by atoms with van der Waals surface area (Å²) in [6.45, 7) is 13.5. The van der Waals surface area contributed by atoms with Gasteiger partial charge in [-0.15, -0.1) is 0 Å². The Labute approximate surface area is 203 Å². The molecule has 7 heteroatoms. The molecule has 0 aliphatic heterocycles. The Morgan fingerprint density at radius 3 is 1.47 bits per heavy atom. The normalized spacial score (nSPS) is 8.94. The molecular formula is C25H37B2BrN2O2. The average molecular weight is 499 g/mol. The number of aryl methyl sites for hydroxylation is 1. The Hall–Kier alpha value is -2.21. The van der Waals surface area contributed by atoms with Crippen molar-refractivity contribution in [2.75, 3.05) is 10.5 Å². The second-order valence-corrected chi connectivity index (χ2v) is 7.46. The molecule has 3 aromatic carbocycles. The van der Waals surface area contributed by atoms with Crippen molar-refractivity contribution in [3.8, 4) is 11.1 Å². The minimum Gasteiger partial charge on any atom is -0.433 e. The predicted molar refractivity (Wildman–Crippen MR) is 148 cm³/mol. The van der Waals surface area contributed by atoms with Crippen LogP contribution in [-0.2, 0) is 0 Å². The van der Waals surface area contributed by atoms with Gasteiger partial charge in [0, 0.05) is 15.8 Å². The highest BCUT2D eigenvalue weighted by Crippen LogP contribution is 2.24. The van der Waals surface area contributed by atoms with Crippen LogP contribution in [0, 0.1) is 6.92 Å². The van der Waals surface area contributed by atoms with E-state index in [9.17, 15) is 5.02 Å². The molecule has 32 heavy (non-hydrogen) atoms. The van der Waals surface area contributed by atoms with Gasteiger partial charge in [0.2, 0.25) is 0 Å². The first-order valence-electron chi connectivity index (χ1n) is 11.2. The number of benzene rings is 3. The first-order valence-corrected chi connectivity index (χ1v) is 12.0. The monoisotopic (exact) mass is 498 g/mol. The van der Waals surface area contributed by atoms with Crippen LogP contribution in [0.1, 0.15) is 33.3 Å². The van der Waals surface area contributed by atoms with Gasteiger partial charge in [-0.2, -0.15) is 0 Å². The largest absolute Gasteiger partial charge is 0.433 e. The van der Waals surface area contributed by atoms with Gasteiger partial charge < -0.3 is 20.5 Å². The van der Waals surface area contributed by atoms with Crippen molar-refractivity contribution in [1.82, 2.24) is 0 Å². The molecule has 0 bridgehead atoms. The SMILES string of the molecule is CB(O)Nc1ccc(-c2ccccc2C)cc1.CB(O)Nc1ccc(Br)cc1.CC.CC. The van der Waals surface area contributed by atoms with E-state index in [0.29, 0.717) is 0 Å². The fourth-order valence-corrected chi connectivity index (χ4v) is 2.94. The number of anilines is 2. The lowest BCUT2D eigenvalue weighted by Gasteiger charge is -2.09. The number of nitrogens with one attached hydrogen (secondary N) is 2. The van der Waals surface area contributed by atoms with Crippen LogP contribution in [0.25, 0.3) is 11.1 Å². The van der Waals surface area contributed by atoms with E-state index in [1.54, 1.807) is 13.6 Å². The molecule has 0 atom stereocenters. The van der Waals surface area contributed by atoms with Crippen molar-refractivity contribution in [1.29, 1.82) is 0 Å². The molecule has 0 aliphatic rings. The van der Waals surface area contributed by atoms with Crippen molar-refractivity contribution >= 4 is 41.4 Å². The molecule has 4 nitrogen and oxygen atoms in total. The van der Waals surface area contributed by atoms with Crippen LogP contribution < -0.4 is 10.5 Å². The molecule has 3 rings (SSSR count). The van der Waals surface area contributed by atoms with Gasteiger partial charge in [-0.25, -0.2) is 0 Å². The van der Waals surface area contributed by atoms with Crippen LogP contribution in [0.15, 0.2) is 77.3 Å².